The normalized spacial score (nSPS) is 25.2. The number of carbonyl (C=O) groups excluding carboxylic acids is 2. The van der Waals surface area contributed by atoms with Crippen LogP contribution in [0.4, 0.5) is 0 Å². The van der Waals surface area contributed by atoms with Crippen LogP contribution in [0.15, 0.2) is 0 Å². The van der Waals surface area contributed by atoms with Gasteiger partial charge in [0.1, 0.15) is 11.6 Å². The van der Waals surface area contributed by atoms with Crippen LogP contribution in [0.2, 0.25) is 0 Å². The first-order chi connectivity index (χ1) is 8.85. The summed E-state index contributed by atoms with van der Waals surface area (Å²) in [6.45, 7) is 17.6. The largest absolute Gasteiger partial charge is 0.299 e. The highest BCUT2D eigenvalue weighted by atomic mass is 16.1. The summed E-state index contributed by atoms with van der Waals surface area (Å²) in [5.41, 5.74) is -0.378. The molecule has 3 nitrogen and oxygen atoms in total. The molecule has 0 N–H and O–H groups in total. The number of ketones is 2. The number of likely N-dealkylation sites (tertiary alicyclic amines) is 1. The Morgan fingerprint density at radius 2 is 1.40 bits per heavy atom. The van der Waals surface area contributed by atoms with E-state index in [0.717, 1.165) is 0 Å². The molecule has 20 heavy (non-hydrogen) atoms. The number of nitrogens with zero attached hydrogens (tertiary/aromatic N) is 1. The Kier molecular flexibility index (Phi) is 4.85. The highest BCUT2D eigenvalue weighted by Crippen LogP contribution is 2.35. The van der Waals surface area contributed by atoms with Crippen LogP contribution in [0.25, 0.3) is 0 Å². The van der Waals surface area contributed by atoms with Crippen molar-refractivity contribution in [2.24, 2.45) is 23.2 Å². The molecule has 0 spiro atoms. The Labute approximate surface area is 124 Å². The number of hydrogen-bond donors (Lipinski definition) is 0. The van der Waals surface area contributed by atoms with E-state index in [4.69, 9.17) is 0 Å². The summed E-state index contributed by atoms with van der Waals surface area (Å²) in [5, 5.41) is 0. The predicted octanol–water partition coefficient (Wildman–Crippen LogP) is 3.17. The molecule has 0 aromatic rings. The van der Waals surface area contributed by atoms with Gasteiger partial charge in [-0.1, -0.05) is 34.6 Å². The predicted molar refractivity (Wildman–Crippen MR) is 82.6 cm³/mol. The van der Waals surface area contributed by atoms with Crippen molar-refractivity contribution in [3.8, 4) is 0 Å². The van der Waals surface area contributed by atoms with Gasteiger partial charge in [-0.05, 0) is 20.8 Å². The number of Topliss-reactive ketones (excluding diaryl/α,β-unsaturated/α-hetero) is 2. The molecule has 0 amide bonds. The Balaban J connectivity index is 3.05. The van der Waals surface area contributed by atoms with Crippen molar-refractivity contribution in [1.29, 1.82) is 0 Å². The van der Waals surface area contributed by atoms with E-state index in [9.17, 15) is 9.59 Å². The molecule has 3 heteroatoms. The molecule has 2 atom stereocenters. The molecule has 1 aliphatic heterocycles. The molecule has 1 rings (SSSR count). The average molecular weight is 281 g/mol. The third-order valence-electron chi connectivity index (χ3n) is 4.28. The van der Waals surface area contributed by atoms with Crippen LogP contribution in [-0.4, -0.2) is 35.1 Å². The lowest BCUT2D eigenvalue weighted by Gasteiger charge is -2.32. The van der Waals surface area contributed by atoms with Crippen LogP contribution >= 0.6 is 0 Å². The summed E-state index contributed by atoms with van der Waals surface area (Å²) in [7, 11) is 0. The molecule has 0 aliphatic carbocycles. The summed E-state index contributed by atoms with van der Waals surface area (Å²) in [6.07, 6.45) is 0. The zero-order valence-electron chi connectivity index (χ0n) is 14.4. The van der Waals surface area contributed by atoms with Gasteiger partial charge in [0.2, 0.25) is 0 Å². The molecule has 0 saturated carbocycles. The molecule has 1 saturated heterocycles. The molecular weight excluding hydrogens is 250 g/mol. The minimum atomic E-state index is -0.381. The Bertz CT molecular complexity index is 385. The fraction of sp³-hybridized carbons (Fsp3) is 0.882. The summed E-state index contributed by atoms with van der Waals surface area (Å²) < 4.78 is 0. The molecule has 116 valence electrons. The first-order valence-corrected chi connectivity index (χ1v) is 7.68. The van der Waals surface area contributed by atoms with Crippen molar-refractivity contribution in [3.63, 3.8) is 0 Å². The minimum absolute atomic E-state index is 0.00240. The molecule has 1 fully saturated rings. The number of hydrogen-bond acceptors (Lipinski definition) is 3. The number of carbonyl (C=O) groups is 2. The lowest BCUT2D eigenvalue weighted by Crippen LogP contribution is -2.40. The summed E-state index contributed by atoms with van der Waals surface area (Å²) in [4.78, 5) is 27.5. The SMILES string of the molecule is CC(C)C(=O)[C@@H]1CN(C(C)(C)C)C[C@H]1C(=O)C(C)(C)C. The molecule has 1 heterocycles. The maximum absolute atomic E-state index is 12.7. The zero-order valence-corrected chi connectivity index (χ0v) is 14.4. The minimum Gasteiger partial charge on any atom is -0.299 e. The van der Waals surface area contributed by atoms with E-state index in [1.54, 1.807) is 0 Å². The number of rotatable bonds is 3. The second-order valence-electron chi connectivity index (χ2n) is 8.46. The van der Waals surface area contributed by atoms with Crippen LogP contribution in [0.1, 0.15) is 55.4 Å². The lowest BCUT2D eigenvalue weighted by molar-refractivity contribution is -0.136. The second kappa shape index (κ2) is 5.59. The van der Waals surface area contributed by atoms with E-state index in [2.05, 4.69) is 25.7 Å². The van der Waals surface area contributed by atoms with Gasteiger partial charge in [-0.2, -0.15) is 0 Å². The van der Waals surface area contributed by atoms with E-state index >= 15 is 0 Å². The monoisotopic (exact) mass is 281 g/mol. The average Bonchev–Trinajstić information content (AvgIpc) is 2.69. The molecule has 0 aromatic carbocycles. The molecule has 0 bridgehead atoms. The third kappa shape index (κ3) is 3.69. The summed E-state index contributed by atoms with van der Waals surface area (Å²) in [6, 6.07) is 0. The molecule has 1 aliphatic rings. The Morgan fingerprint density at radius 3 is 1.75 bits per heavy atom. The van der Waals surface area contributed by atoms with Gasteiger partial charge in [0.15, 0.2) is 0 Å². The van der Waals surface area contributed by atoms with Crippen molar-refractivity contribution in [2.75, 3.05) is 13.1 Å². The van der Waals surface area contributed by atoms with Crippen LogP contribution in [0.5, 0.6) is 0 Å². The van der Waals surface area contributed by atoms with Gasteiger partial charge in [-0.15, -0.1) is 0 Å². The zero-order chi connectivity index (χ0) is 15.9. The second-order valence-corrected chi connectivity index (χ2v) is 8.46. The maximum atomic E-state index is 12.7. The van der Waals surface area contributed by atoms with E-state index in [1.807, 2.05) is 34.6 Å². The third-order valence-corrected chi connectivity index (χ3v) is 4.28. The Hall–Kier alpha value is -0.700. The van der Waals surface area contributed by atoms with Gasteiger partial charge in [-0.25, -0.2) is 0 Å². The van der Waals surface area contributed by atoms with Gasteiger partial charge in [0, 0.05) is 41.8 Å². The first-order valence-electron chi connectivity index (χ1n) is 7.68. The van der Waals surface area contributed by atoms with Gasteiger partial charge < -0.3 is 0 Å². The van der Waals surface area contributed by atoms with Crippen LogP contribution in [0.3, 0.4) is 0 Å². The van der Waals surface area contributed by atoms with E-state index in [1.165, 1.54) is 0 Å². The smallest absolute Gasteiger partial charge is 0.143 e. The summed E-state index contributed by atoms with van der Waals surface area (Å²) >= 11 is 0. The maximum Gasteiger partial charge on any atom is 0.143 e. The molecule has 0 unspecified atom stereocenters. The standard InChI is InChI=1S/C17H31NO2/c1-11(2)14(19)12-9-18(17(6,7)8)10-13(12)15(20)16(3,4)5/h11-13H,9-10H2,1-8H3/t12-,13-/m1/s1. The van der Waals surface area contributed by atoms with Crippen LogP contribution < -0.4 is 0 Å². The van der Waals surface area contributed by atoms with Gasteiger partial charge >= 0.3 is 0 Å². The van der Waals surface area contributed by atoms with Crippen LogP contribution in [-0.2, 0) is 9.59 Å². The van der Waals surface area contributed by atoms with Gasteiger partial charge in [0.25, 0.3) is 0 Å². The van der Waals surface area contributed by atoms with E-state index < -0.39 is 0 Å². The molecule has 0 radical (unpaired) electrons. The van der Waals surface area contributed by atoms with Crippen molar-refractivity contribution >= 4 is 11.6 Å². The molecular formula is C17H31NO2. The topological polar surface area (TPSA) is 37.4 Å². The lowest BCUT2D eigenvalue weighted by atomic mass is 9.76. The van der Waals surface area contributed by atoms with Gasteiger partial charge in [0.05, 0.1) is 0 Å². The first kappa shape index (κ1) is 17.4. The van der Waals surface area contributed by atoms with E-state index in [0.29, 0.717) is 13.1 Å². The Morgan fingerprint density at radius 1 is 0.950 bits per heavy atom. The fourth-order valence-corrected chi connectivity index (χ4v) is 2.89. The quantitative estimate of drug-likeness (QED) is 0.797. The highest BCUT2D eigenvalue weighted by Gasteiger charge is 2.47. The fourth-order valence-electron chi connectivity index (χ4n) is 2.89. The van der Waals surface area contributed by atoms with Crippen molar-refractivity contribution in [2.45, 2.75) is 60.9 Å². The van der Waals surface area contributed by atoms with Crippen LogP contribution in [0, 0.1) is 23.2 Å². The molecule has 0 aromatic heterocycles. The van der Waals surface area contributed by atoms with Crippen molar-refractivity contribution < 1.29 is 9.59 Å². The van der Waals surface area contributed by atoms with Crippen molar-refractivity contribution in [3.05, 3.63) is 0 Å². The highest BCUT2D eigenvalue weighted by molar-refractivity contribution is 5.93. The summed E-state index contributed by atoms with van der Waals surface area (Å²) in [5.74, 6) is 0.169. The van der Waals surface area contributed by atoms with Crippen molar-refractivity contribution in [1.82, 2.24) is 4.90 Å². The van der Waals surface area contributed by atoms with E-state index in [-0.39, 0.29) is 40.3 Å². The van der Waals surface area contributed by atoms with Gasteiger partial charge in [-0.3, -0.25) is 14.5 Å².